The average Bonchev–Trinajstić information content (AvgIpc) is 3.18. The van der Waals surface area contributed by atoms with Gasteiger partial charge in [-0.3, -0.25) is 9.69 Å². The zero-order valence-electron chi connectivity index (χ0n) is 17.5. The molecule has 5 nitrogen and oxygen atoms in total. The number of carbonyl (C=O) groups is 1. The molecule has 5 heteroatoms. The number of fused-ring (bicyclic) bond motifs is 1. The molecular weight excluding hydrogens is 364 g/mol. The maximum atomic E-state index is 13.4. The van der Waals surface area contributed by atoms with Gasteiger partial charge in [0, 0.05) is 5.69 Å². The fraction of sp³-hybridized carbons (Fsp3) is 0.458. The molecule has 1 amide bonds. The fourth-order valence-corrected chi connectivity index (χ4v) is 4.06. The van der Waals surface area contributed by atoms with E-state index in [1.165, 1.54) is 5.56 Å². The van der Waals surface area contributed by atoms with E-state index in [-0.39, 0.29) is 18.7 Å². The van der Waals surface area contributed by atoms with E-state index in [2.05, 4.69) is 43.1 Å². The summed E-state index contributed by atoms with van der Waals surface area (Å²) in [4.78, 5) is 15.7. The highest BCUT2D eigenvalue weighted by Gasteiger charge is 2.31. The van der Waals surface area contributed by atoms with Crippen molar-refractivity contribution in [3.63, 3.8) is 0 Å². The van der Waals surface area contributed by atoms with E-state index in [0.717, 1.165) is 42.9 Å². The Kier molecular flexibility index (Phi) is 5.76. The highest BCUT2D eigenvalue weighted by molar-refractivity contribution is 5.95. The van der Waals surface area contributed by atoms with Crippen LogP contribution in [0.5, 0.6) is 11.5 Å². The van der Waals surface area contributed by atoms with Crippen molar-refractivity contribution in [2.45, 2.75) is 45.6 Å². The number of ether oxygens (including phenoxy) is 2. The smallest absolute Gasteiger partial charge is 0.246 e. The molecule has 0 aromatic heterocycles. The Balaban J connectivity index is 1.58. The summed E-state index contributed by atoms with van der Waals surface area (Å²) >= 11 is 0. The van der Waals surface area contributed by atoms with Crippen LogP contribution in [0.25, 0.3) is 0 Å². The van der Waals surface area contributed by atoms with Gasteiger partial charge in [0.2, 0.25) is 12.7 Å². The van der Waals surface area contributed by atoms with Gasteiger partial charge in [-0.05, 0) is 73.2 Å². The van der Waals surface area contributed by atoms with Gasteiger partial charge >= 0.3 is 0 Å². The second-order valence-electron chi connectivity index (χ2n) is 8.50. The predicted molar refractivity (Wildman–Crippen MR) is 114 cm³/mol. The number of nitrogens with zero attached hydrogens (tertiary/aromatic N) is 1. The fourth-order valence-electron chi connectivity index (χ4n) is 4.06. The largest absolute Gasteiger partial charge is 0.454 e. The van der Waals surface area contributed by atoms with Crippen LogP contribution in [-0.2, 0) is 4.79 Å². The van der Waals surface area contributed by atoms with Gasteiger partial charge in [0.15, 0.2) is 11.5 Å². The third-order valence-electron chi connectivity index (χ3n) is 5.99. The summed E-state index contributed by atoms with van der Waals surface area (Å²) in [5, 5.41) is 3.13. The van der Waals surface area contributed by atoms with E-state index in [1.807, 2.05) is 30.3 Å². The molecule has 1 N–H and O–H groups in total. The molecule has 0 saturated carbocycles. The summed E-state index contributed by atoms with van der Waals surface area (Å²) in [6.07, 6.45) is 2.22. The third-order valence-corrected chi connectivity index (χ3v) is 5.99. The molecule has 2 heterocycles. The second-order valence-corrected chi connectivity index (χ2v) is 8.50. The van der Waals surface area contributed by atoms with Crippen LogP contribution in [0.15, 0.2) is 42.5 Å². The molecule has 4 rings (SSSR count). The van der Waals surface area contributed by atoms with Crippen LogP contribution >= 0.6 is 0 Å². The van der Waals surface area contributed by atoms with Gasteiger partial charge in [0.1, 0.15) is 6.04 Å². The minimum Gasteiger partial charge on any atom is -0.454 e. The van der Waals surface area contributed by atoms with E-state index >= 15 is 0 Å². The lowest BCUT2D eigenvalue weighted by molar-refractivity contribution is -0.122. The summed E-state index contributed by atoms with van der Waals surface area (Å²) in [5.41, 5.74) is 3.04. The Morgan fingerprint density at radius 1 is 1.00 bits per heavy atom. The van der Waals surface area contributed by atoms with Gasteiger partial charge < -0.3 is 14.8 Å². The highest BCUT2D eigenvalue weighted by atomic mass is 16.7. The molecule has 2 aliphatic rings. The van der Waals surface area contributed by atoms with Crippen LogP contribution in [-0.4, -0.2) is 30.7 Å². The van der Waals surface area contributed by atoms with Gasteiger partial charge in [0.05, 0.1) is 0 Å². The number of hydrogen-bond donors (Lipinski definition) is 1. The van der Waals surface area contributed by atoms with E-state index in [4.69, 9.17) is 9.47 Å². The number of amides is 1. The van der Waals surface area contributed by atoms with Crippen molar-refractivity contribution in [2.24, 2.45) is 5.92 Å². The standard InChI is InChI=1S/C24H30N2O3/c1-16(2)18-4-7-20(8-5-18)25-24(27)23(26-12-10-17(3)11-13-26)19-6-9-21-22(14-19)29-15-28-21/h4-9,14,16-17,23H,10-13,15H2,1-3H3,(H,25,27)/t23-/m1/s1. The van der Waals surface area contributed by atoms with E-state index < -0.39 is 0 Å². The molecule has 2 aromatic rings. The summed E-state index contributed by atoms with van der Waals surface area (Å²) in [7, 11) is 0. The van der Waals surface area contributed by atoms with Crippen LogP contribution in [0.4, 0.5) is 5.69 Å². The minimum absolute atomic E-state index is 0.00397. The molecule has 0 unspecified atom stereocenters. The zero-order valence-corrected chi connectivity index (χ0v) is 17.5. The number of rotatable bonds is 5. The normalized spacial score (nSPS) is 18.1. The van der Waals surface area contributed by atoms with Crippen LogP contribution in [0.3, 0.4) is 0 Å². The van der Waals surface area contributed by atoms with Crippen LogP contribution in [0.1, 0.15) is 56.7 Å². The Bertz CT molecular complexity index is 855. The monoisotopic (exact) mass is 394 g/mol. The lowest BCUT2D eigenvalue weighted by atomic mass is 9.95. The number of anilines is 1. The molecule has 0 bridgehead atoms. The van der Waals surface area contributed by atoms with Crippen LogP contribution < -0.4 is 14.8 Å². The van der Waals surface area contributed by atoms with Crippen LogP contribution in [0.2, 0.25) is 0 Å². The van der Waals surface area contributed by atoms with Gasteiger partial charge in [-0.25, -0.2) is 0 Å². The first kappa shape index (κ1) is 19.8. The summed E-state index contributed by atoms with van der Waals surface area (Å²) < 4.78 is 11.0. The number of hydrogen-bond acceptors (Lipinski definition) is 4. The van der Waals surface area contributed by atoms with Crippen molar-refractivity contribution < 1.29 is 14.3 Å². The molecule has 0 spiro atoms. The molecule has 2 aromatic carbocycles. The van der Waals surface area contributed by atoms with Gasteiger partial charge in [0.25, 0.3) is 0 Å². The van der Waals surface area contributed by atoms with E-state index in [1.54, 1.807) is 0 Å². The summed E-state index contributed by atoms with van der Waals surface area (Å²) in [6.45, 7) is 8.68. The first-order valence-corrected chi connectivity index (χ1v) is 10.6. The zero-order chi connectivity index (χ0) is 20.4. The SMILES string of the molecule is CC1CCN([C@@H](C(=O)Nc2ccc(C(C)C)cc2)c2ccc3c(c2)OCO3)CC1. The lowest BCUT2D eigenvalue weighted by Crippen LogP contribution is -2.41. The number of piperidine rings is 1. The summed E-state index contributed by atoms with van der Waals surface area (Å²) in [6, 6.07) is 13.6. The molecule has 0 aliphatic carbocycles. The van der Waals surface area contributed by atoms with Crippen molar-refractivity contribution >= 4 is 11.6 Å². The first-order valence-electron chi connectivity index (χ1n) is 10.6. The number of benzene rings is 2. The maximum Gasteiger partial charge on any atom is 0.246 e. The number of likely N-dealkylation sites (tertiary alicyclic amines) is 1. The molecule has 2 aliphatic heterocycles. The average molecular weight is 395 g/mol. The van der Waals surface area contributed by atoms with Crippen molar-refractivity contribution in [3.8, 4) is 11.5 Å². The Morgan fingerprint density at radius 3 is 2.34 bits per heavy atom. The van der Waals surface area contributed by atoms with Crippen molar-refractivity contribution in [1.29, 1.82) is 0 Å². The highest BCUT2D eigenvalue weighted by Crippen LogP contribution is 2.37. The minimum atomic E-state index is -0.346. The topological polar surface area (TPSA) is 50.8 Å². The quantitative estimate of drug-likeness (QED) is 0.780. The second kappa shape index (κ2) is 8.46. The van der Waals surface area contributed by atoms with Gasteiger partial charge in [-0.2, -0.15) is 0 Å². The Labute approximate surface area is 173 Å². The molecule has 0 radical (unpaired) electrons. The van der Waals surface area contributed by atoms with E-state index in [9.17, 15) is 4.79 Å². The molecular formula is C24H30N2O3. The van der Waals surface area contributed by atoms with Gasteiger partial charge in [-0.15, -0.1) is 0 Å². The maximum absolute atomic E-state index is 13.4. The van der Waals surface area contributed by atoms with Crippen molar-refractivity contribution in [3.05, 3.63) is 53.6 Å². The summed E-state index contributed by atoms with van der Waals surface area (Å²) in [5.74, 6) is 2.62. The molecule has 154 valence electrons. The predicted octanol–water partition coefficient (Wildman–Crippen LogP) is 4.95. The third kappa shape index (κ3) is 4.40. The van der Waals surface area contributed by atoms with E-state index in [0.29, 0.717) is 17.6 Å². The lowest BCUT2D eigenvalue weighted by Gasteiger charge is -2.36. The van der Waals surface area contributed by atoms with Gasteiger partial charge in [-0.1, -0.05) is 39.0 Å². The molecule has 1 fully saturated rings. The van der Waals surface area contributed by atoms with Crippen molar-refractivity contribution in [1.82, 2.24) is 4.90 Å². The van der Waals surface area contributed by atoms with Crippen molar-refractivity contribution in [2.75, 3.05) is 25.2 Å². The Hall–Kier alpha value is -2.53. The number of carbonyl (C=O) groups excluding carboxylic acids is 1. The molecule has 29 heavy (non-hydrogen) atoms. The Morgan fingerprint density at radius 2 is 1.66 bits per heavy atom. The molecule has 1 atom stereocenters. The number of nitrogens with one attached hydrogen (secondary N) is 1. The first-order chi connectivity index (χ1) is 14.0. The van der Waals surface area contributed by atoms with Crippen LogP contribution in [0, 0.1) is 5.92 Å². The molecule has 1 saturated heterocycles.